The van der Waals surface area contributed by atoms with Crippen LogP contribution < -0.4 is 0 Å². The van der Waals surface area contributed by atoms with Crippen LogP contribution in [0.15, 0.2) is 30.3 Å². The summed E-state index contributed by atoms with van der Waals surface area (Å²) in [5.74, 6) is -0.114. The Hall–Kier alpha value is -1.61. The molecule has 0 spiro atoms. The normalized spacial score (nSPS) is 20.1. The fraction of sp³-hybridized carbons (Fsp3) is 0.471. The second-order valence-electron chi connectivity index (χ2n) is 5.33. The van der Waals surface area contributed by atoms with Gasteiger partial charge < -0.3 is 4.74 Å². The van der Waals surface area contributed by atoms with Crippen LogP contribution in [0.1, 0.15) is 30.9 Å². The number of ether oxygens (including phenoxy) is 1. The molecule has 1 aliphatic heterocycles. The van der Waals surface area contributed by atoms with E-state index >= 15 is 0 Å². The summed E-state index contributed by atoms with van der Waals surface area (Å²) in [4.78, 5) is 14.0. The van der Waals surface area contributed by atoms with E-state index < -0.39 is 0 Å². The van der Waals surface area contributed by atoms with Crippen molar-refractivity contribution in [1.29, 1.82) is 0 Å². The number of aryl methyl sites for hydroxylation is 1. The zero-order valence-corrected chi connectivity index (χ0v) is 12.6. The van der Waals surface area contributed by atoms with Gasteiger partial charge in [-0.05, 0) is 44.9 Å². The van der Waals surface area contributed by atoms with E-state index in [9.17, 15) is 4.79 Å². The molecule has 0 amide bonds. The minimum absolute atomic E-state index is 0.114. The molecule has 1 aliphatic rings. The van der Waals surface area contributed by atoms with Crippen molar-refractivity contribution >= 4 is 11.5 Å². The summed E-state index contributed by atoms with van der Waals surface area (Å²) in [6, 6.07) is 8.43. The van der Waals surface area contributed by atoms with E-state index in [0.29, 0.717) is 6.61 Å². The van der Waals surface area contributed by atoms with Crippen molar-refractivity contribution in [2.75, 3.05) is 20.2 Å². The minimum atomic E-state index is -0.155. The molecule has 3 heteroatoms. The Balaban J connectivity index is 2.14. The Bertz CT molecular complexity index is 490. The fourth-order valence-electron chi connectivity index (χ4n) is 2.53. The molecule has 1 aromatic carbocycles. The van der Waals surface area contributed by atoms with Crippen molar-refractivity contribution in [2.45, 2.75) is 32.7 Å². The molecule has 0 radical (unpaired) electrons. The number of likely N-dealkylation sites (N-methyl/N-ethyl adjacent to an activating group) is 1. The molecule has 0 aliphatic carbocycles. The van der Waals surface area contributed by atoms with E-state index in [4.69, 9.17) is 4.74 Å². The summed E-state index contributed by atoms with van der Waals surface area (Å²) < 4.78 is 5.15. The molecule has 0 saturated carbocycles. The van der Waals surface area contributed by atoms with Crippen LogP contribution in [0, 0.1) is 6.92 Å². The molecule has 108 valence electrons. The molecule has 1 unspecified atom stereocenters. The van der Waals surface area contributed by atoms with Crippen LogP contribution >= 0.6 is 0 Å². The number of carbonyl (C=O) groups is 1. The van der Waals surface area contributed by atoms with Gasteiger partial charge in [-0.3, -0.25) is 9.69 Å². The molecule has 0 fully saturated rings. The Labute approximate surface area is 121 Å². The van der Waals surface area contributed by atoms with Crippen LogP contribution in [0.3, 0.4) is 0 Å². The number of rotatable bonds is 3. The molecule has 1 aromatic rings. The summed E-state index contributed by atoms with van der Waals surface area (Å²) in [6.45, 7) is 5.26. The van der Waals surface area contributed by atoms with Crippen molar-refractivity contribution in [3.8, 4) is 0 Å². The zero-order valence-electron chi connectivity index (χ0n) is 12.6. The van der Waals surface area contributed by atoms with E-state index in [1.165, 1.54) is 16.7 Å². The van der Waals surface area contributed by atoms with Crippen molar-refractivity contribution in [1.82, 2.24) is 4.90 Å². The summed E-state index contributed by atoms with van der Waals surface area (Å²) in [5, 5.41) is 0. The number of benzene rings is 1. The highest BCUT2D eigenvalue weighted by molar-refractivity contribution is 5.77. The quantitative estimate of drug-likeness (QED) is 0.793. The Kier molecular flexibility index (Phi) is 4.96. The van der Waals surface area contributed by atoms with Crippen molar-refractivity contribution < 1.29 is 9.53 Å². The first-order chi connectivity index (χ1) is 9.61. The van der Waals surface area contributed by atoms with Crippen molar-refractivity contribution in [3.05, 3.63) is 41.5 Å². The van der Waals surface area contributed by atoms with Gasteiger partial charge in [0, 0.05) is 6.54 Å². The topological polar surface area (TPSA) is 29.5 Å². The molecule has 20 heavy (non-hydrogen) atoms. The van der Waals surface area contributed by atoms with Crippen LogP contribution in [0.4, 0.5) is 0 Å². The lowest BCUT2D eigenvalue weighted by molar-refractivity contribution is -0.148. The Morgan fingerprint density at radius 1 is 1.35 bits per heavy atom. The highest BCUT2D eigenvalue weighted by Gasteiger charge is 2.25. The molecular formula is C17H23NO2. The standard InChI is InChI=1S/C17H23NO2/c1-4-20-17(19)16-10-9-15(11-12-18(16)3)14-7-5-13(2)6-8-14/h5-9,16H,4,10-12H2,1-3H3. The van der Waals surface area contributed by atoms with Crippen LogP contribution in [-0.4, -0.2) is 37.1 Å². The van der Waals surface area contributed by atoms with Gasteiger partial charge in [-0.2, -0.15) is 0 Å². The summed E-state index contributed by atoms with van der Waals surface area (Å²) in [6.07, 6.45) is 3.88. The van der Waals surface area contributed by atoms with E-state index in [2.05, 4.69) is 42.2 Å². The van der Waals surface area contributed by atoms with Gasteiger partial charge in [0.25, 0.3) is 0 Å². The van der Waals surface area contributed by atoms with E-state index in [-0.39, 0.29) is 12.0 Å². The predicted molar refractivity (Wildman–Crippen MR) is 81.4 cm³/mol. The third-order valence-corrected chi connectivity index (χ3v) is 3.83. The van der Waals surface area contributed by atoms with Gasteiger partial charge in [0.1, 0.15) is 6.04 Å². The van der Waals surface area contributed by atoms with E-state index in [1.807, 2.05) is 14.0 Å². The van der Waals surface area contributed by atoms with Crippen LogP contribution in [0.5, 0.6) is 0 Å². The molecular weight excluding hydrogens is 250 g/mol. The van der Waals surface area contributed by atoms with Crippen LogP contribution in [-0.2, 0) is 9.53 Å². The van der Waals surface area contributed by atoms with E-state index in [0.717, 1.165) is 19.4 Å². The van der Waals surface area contributed by atoms with Gasteiger partial charge in [0.15, 0.2) is 0 Å². The van der Waals surface area contributed by atoms with E-state index in [1.54, 1.807) is 0 Å². The number of esters is 1. The second-order valence-corrected chi connectivity index (χ2v) is 5.33. The average Bonchev–Trinajstić information content (AvgIpc) is 2.62. The maximum atomic E-state index is 12.0. The molecule has 0 aromatic heterocycles. The number of hydrogen-bond donors (Lipinski definition) is 0. The van der Waals surface area contributed by atoms with Gasteiger partial charge in [-0.25, -0.2) is 0 Å². The lowest BCUT2D eigenvalue weighted by Gasteiger charge is -2.23. The molecule has 1 heterocycles. The van der Waals surface area contributed by atoms with Gasteiger partial charge >= 0.3 is 5.97 Å². The fourth-order valence-corrected chi connectivity index (χ4v) is 2.53. The number of hydrogen-bond acceptors (Lipinski definition) is 3. The molecule has 1 atom stereocenters. The Morgan fingerprint density at radius 2 is 2.05 bits per heavy atom. The van der Waals surface area contributed by atoms with Crippen molar-refractivity contribution in [2.24, 2.45) is 0 Å². The summed E-state index contributed by atoms with van der Waals surface area (Å²) in [7, 11) is 1.99. The molecule has 2 rings (SSSR count). The maximum absolute atomic E-state index is 12.0. The zero-order chi connectivity index (χ0) is 14.5. The van der Waals surface area contributed by atoms with Crippen LogP contribution in [0.25, 0.3) is 5.57 Å². The largest absolute Gasteiger partial charge is 0.465 e. The third-order valence-electron chi connectivity index (χ3n) is 3.83. The van der Waals surface area contributed by atoms with Crippen LogP contribution in [0.2, 0.25) is 0 Å². The Morgan fingerprint density at radius 3 is 2.70 bits per heavy atom. The smallest absolute Gasteiger partial charge is 0.323 e. The lowest BCUT2D eigenvalue weighted by Crippen LogP contribution is -2.39. The number of carbonyl (C=O) groups excluding carboxylic acids is 1. The van der Waals surface area contributed by atoms with Gasteiger partial charge in [0.2, 0.25) is 0 Å². The van der Waals surface area contributed by atoms with Gasteiger partial charge in [-0.1, -0.05) is 35.9 Å². The first kappa shape index (κ1) is 14.8. The first-order valence-electron chi connectivity index (χ1n) is 7.24. The number of nitrogens with zero attached hydrogens (tertiary/aromatic N) is 1. The monoisotopic (exact) mass is 273 g/mol. The highest BCUT2D eigenvalue weighted by atomic mass is 16.5. The summed E-state index contributed by atoms with van der Waals surface area (Å²) >= 11 is 0. The summed E-state index contributed by atoms with van der Waals surface area (Å²) in [5.41, 5.74) is 3.85. The molecule has 3 nitrogen and oxygen atoms in total. The van der Waals surface area contributed by atoms with Gasteiger partial charge in [0.05, 0.1) is 6.61 Å². The van der Waals surface area contributed by atoms with Gasteiger partial charge in [-0.15, -0.1) is 0 Å². The molecule has 0 N–H and O–H groups in total. The minimum Gasteiger partial charge on any atom is -0.465 e. The maximum Gasteiger partial charge on any atom is 0.323 e. The molecule has 0 saturated heterocycles. The second kappa shape index (κ2) is 6.71. The average molecular weight is 273 g/mol. The third kappa shape index (κ3) is 3.48. The predicted octanol–water partition coefficient (Wildman–Crippen LogP) is 3.04. The highest BCUT2D eigenvalue weighted by Crippen LogP contribution is 2.24. The van der Waals surface area contributed by atoms with Crippen molar-refractivity contribution in [3.63, 3.8) is 0 Å². The lowest BCUT2D eigenvalue weighted by atomic mass is 10.0. The SMILES string of the molecule is CCOC(=O)C1CC=C(c2ccc(C)cc2)CCN1C. The molecule has 0 bridgehead atoms. The first-order valence-corrected chi connectivity index (χ1v) is 7.24.